The molecule has 0 amide bonds. The summed E-state index contributed by atoms with van der Waals surface area (Å²) in [6, 6.07) is 12.7. The summed E-state index contributed by atoms with van der Waals surface area (Å²) in [7, 11) is 3.72. The van der Waals surface area contributed by atoms with E-state index in [1.807, 2.05) is 43.3 Å². The molecule has 0 saturated heterocycles. The van der Waals surface area contributed by atoms with E-state index in [4.69, 9.17) is 9.47 Å². The summed E-state index contributed by atoms with van der Waals surface area (Å²) >= 11 is 0. The summed E-state index contributed by atoms with van der Waals surface area (Å²) in [5.74, 6) is 0.0114. The topological polar surface area (TPSA) is 38.8 Å². The molecule has 2 rings (SSSR count). The molecule has 0 aliphatic carbocycles. The van der Waals surface area contributed by atoms with E-state index in [1.54, 1.807) is 18.2 Å². The van der Waals surface area contributed by atoms with Crippen molar-refractivity contribution in [3.05, 3.63) is 66.0 Å². The van der Waals surface area contributed by atoms with E-state index in [2.05, 4.69) is 13.5 Å². The predicted molar refractivity (Wildman–Crippen MR) is 119 cm³/mol. The molecule has 0 atom stereocenters. The van der Waals surface area contributed by atoms with Crippen molar-refractivity contribution < 1.29 is 18.7 Å². The number of ether oxygens (including phenoxy) is 2. The number of carbonyl (C=O) groups excluding carboxylic acids is 1. The lowest BCUT2D eigenvalue weighted by atomic mass is 10.0. The van der Waals surface area contributed by atoms with Crippen LogP contribution in [0.5, 0.6) is 5.75 Å². The number of esters is 1. The van der Waals surface area contributed by atoms with Gasteiger partial charge in [-0.05, 0) is 56.3 Å². The Labute approximate surface area is 179 Å². The molecule has 162 valence electrons. The van der Waals surface area contributed by atoms with Crippen molar-refractivity contribution in [2.45, 2.75) is 32.6 Å². The van der Waals surface area contributed by atoms with Crippen LogP contribution in [0.4, 0.5) is 4.39 Å². The van der Waals surface area contributed by atoms with Gasteiger partial charge in [-0.2, -0.15) is 0 Å². The Hall–Kier alpha value is -2.66. The predicted octanol–water partition coefficient (Wildman–Crippen LogP) is 5.27. The monoisotopic (exact) mass is 413 g/mol. The number of hydrogen-bond acceptors (Lipinski definition) is 4. The fraction of sp³-hybridized carbons (Fsp3) is 0.400. The largest absolute Gasteiger partial charge is 0.490 e. The van der Waals surface area contributed by atoms with Crippen molar-refractivity contribution in [1.29, 1.82) is 0 Å². The normalized spacial score (nSPS) is 10.8. The minimum absolute atomic E-state index is 0.140. The highest BCUT2D eigenvalue weighted by Crippen LogP contribution is 2.26. The molecule has 0 radical (unpaired) electrons. The van der Waals surface area contributed by atoms with E-state index >= 15 is 0 Å². The van der Waals surface area contributed by atoms with Gasteiger partial charge in [0.25, 0.3) is 0 Å². The molecule has 4 nitrogen and oxygen atoms in total. The molecule has 0 aromatic heterocycles. The van der Waals surface area contributed by atoms with Crippen molar-refractivity contribution in [2.24, 2.45) is 0 Å². The van der Waals surface area contributed by atoms with Crippen molar-refractivity contribution in [3.8, 4) is 16.9 Å². The number of carbonyl (C=O) groups is 1. The van der Waals surface area contributed by atoms with E-state index in [9.17, 15) is 9.18 Å². The Morgan fingerprint density at radius 2 is 1.80 bits per heavy atom. The molecule has 30 heavy (non-hydrogen) atoms. The summed E-state index contributed by atoms with van der Waals surface area (Å²) in [5.41, 5.74) is 2.82. The van der Waals surface area contributed by atoms with Gasteiger partial charge in [0.2, 0.25) is 0 Å². The van der Waals surface area contributed by atoms with Gasteiger partial charge in [0.1, 0.15) is 24.8 Å². The number of hydrogen-bond donors (Lipinski definition) is 0. The second-order valence-corrected chi connectivity index (χ2v) is 7.62. The lowest BCUT2D eigenvalue weighted by Gasteiger charge is -2.12. The Bertz CT molecular complexity index is 831. The van der Waals surface area contributed by atoms with Gasteiger partial charge in [0, 0.05) is 17.7 Å². The molecule has 0 saturated carbocycles. The van der Waals surface area contributed by atoms with E-state index in [0.717, 1.165) is 36.8 Å². The molecule has 0 aliphatic heterocycles. The third-order valence-electron chi connectivity index (χ3n) is 4.65. The molecule has 0 heterocycles. The average Bonchev–Trinajstić information content (AvgIpc) is 2.71. The van der Waals surface area contributed by atoms with Crippen LogP contribution in [0.3, 0.4) is 0 Å². The molecule has 5 heteroatoms. The molecule has 0 spiro atoms. The first-order chi connectivity index (χ1) is 14.4. The highest BCUT2D eigenvalue weighted by Gasteiger charge is 2.10. The maximum atomic E-state index is 14.5. The maximum absolute atomic E-state index is 14.5. The number of benzene rings is 2. The lowest BCUT2D eigenvalue weighted by Crippen LogP contribution is -2.22. The number of nitrogens with zero attached hydrogens (tertiary/aromatic N) is 1. The van der Waals surface area contributed by atoms with E-state index in [0.29, 0.717) is 23.4 Å². The van der Waals surface area contributed by atoms with Gasteiger partial charge >= 0.3 is 5.97 Å². The zero-order valence-electron chi connectivity index (χ0n) is 18.2. The van der Waals surface area contributed by atoms with Gasteiger partial charge in [-0.1, -0.05) is 50.6 Å². The third-order valence-corrected chi connectivity index (χ3v) is 4.65. The minimum Gasteiger partial charge on any atom is -0.490 e. The molecule has 0 aliphatic rings. The van der Waals surface area contributed by atoms with Crippen molar-refractivity contribution in [2.75, 3.05) is 33.9 Å². The first-order valence-electron chi connectivity index (χ1n) is 10.4. The summed E-state index contributed by atoms with van der Waals surface area (Å²) in [6.07, 6.45) is 4.31. The molecule has 0 unspecified atom stereocenters. The van der Waals surface area contributed by atoms with Crippen LogP contribution < -0.4 is 4.74 Å². The maximum Gasteiger partial charge on any atom is 0.334 e. The van der Waals surface area contributed by atoms with Crippen LogP contribution in [0.2, 0.25) is 0 Å². The standard InChI is InChI=1S/C25H32FNO3/c1-5-6-7-8-20-9-14-23(24(26)17-20)21-10-12-22(13-11-21)29-15-16-30-25(28)19(2)18-27(3)4/h9-14,17H,2,5-8,15-16,18H2,1,3-4H3. The molecule has 2 aromatic carbocycles. The quantitative estimate of drug-likeness (QED) is 0.270. The summed E-state index contributed by atoms with van der Waals surface area (Å²) < 4.78 is 25.3. The number of rotatable bonds is 12. The Morgan fingerprint density at radius 3 is 2.43 bits per heavy atom. The molecule has 2 aromatic rings. The van der Waals surface area contributed by atoms with Gasteiger partial charge in [-0.15, -0.1) is 0 Å². The van der Waals surface area contributed by atoms with Crippen LogP contribution in [0.15, 0.2) is 54.6 Å². The summed E-state index contributed by atoms with van der Waals surface area (Å²) in [4.78, 5) is 13.6. The number of likely N-dealkylation sites (N-methyl/N-ethyl adjacent to an activating group) is 1. The van der Waals surface area contributed by atoms with E-state index in [-0.39, 0.29) is 19.0 Å². The second kappa shape index (κ2) is 12.1. The highest BCUT2D eigenvalue weighted by molar-refractivity contribution is 5.88. The number of halogens is 1. The average molecular weight is 414 g/mol. The van der Waals surface area contributed by atoms with Gasteiger partial charge in [-0.3, -0.25) is 0 Å². The highest BCUT2D eigenvalue weighted by atomic mass is 19.1. The van der Waals surface area contributed by atoms with Crippen LogP contribution in [0.25, 0.3) is 11.1 Å². The fourth-order valence-corrected chi connectivity index (χ4v) is 3.10. The van der Waals surface area contributed by atoms with Crippen molar-refractivity contribution in [1.82, 2.24) is 4.90 Å². The first-order valence-corrected chi connectivity index (χ1v) is 10.4. The molecule has 0 fully saturated rings. The lowest BCUT2D eigenvalue weighted by molar-refractivity contribution is -0.139. The van der Waals surface area contributed by atoms with Gasteiger partial charge < -0.3 is 14.4 Å². The first kappa shape index (κ1) is 23.6. The molecule has 0 N–H and O–H groups in total. The zero-order chi connectivity index (χ0) is 21.9. The molecular weight excluding hydrogens is 381 g/mol. The van der Waals surface area contributed by atoms with Gasteiger partial charge in [0.15, 0.2) is 0 Å². The van der Waals surface area contributed by atoms with E-state index < -0.39 is 5.97 Å². The molecule has 0 bridgehead atoms. The van der Waals surface area contributed by atoms with Crippen LogP contribution in [-0.2, 0) is 16.0 Å². The van der Waals surface area contributed by atoms with Crippen LogP contribution in [0, 0.1) is 5.82 Å². The van der Waals surface area contributed by atoms with Crippen molar-refractivity contribution in [3.63, 3.8) is 0 Å². The van der Waals surface area contributed by atoms with Gasteiger partial charge in [-0.25, -0.2) is 9.18 Å². The Kier molecular flexibility index (Phi) is 9.55. The minimum atomic E-state index is -0.420. The van der Waals surface area contributed by atoms with Crippen molar-refractivity contribution >= 4 is 5.97 Å². The summed E-state index contributed by atoms with van der Waals surface area (Å²) in [6.45, 7) is 6.71. The summed E-state index contributed by atoms with van der Waals surface area (Å²) in [5, 5.41) is 0. The second-order valence-electron chi connectivity index (χ2n) is 7.62. The fourth-order valence-electron chi connectivity index (χ4n) is 3.10. The Morgan fingerprint density at radius 1 is 1.07 bits per heavy atom. The smallest absolute Gasteiger partial charge is 0.334 e. The third kappa shape index (κ3) is 7.64. The zero-order valence-corrected chi connectivity index (χ0v) is 18.2. The van der Waals surface area contributed by atoms with Crippen LogP contribution in [0.1, 0.15) is 31.7 Å². The van der Waals surface area contributed by atoms with E-state index in [1.165, 1.54) is 0 Å². The molecular formula is C25H32FNO3. The van der Waals surface area contributed by atoms with Gasteiger partial charge in [0.05, 0.1) is 0 Å². The number of aryl methyl sites for hydroxylation is 1. The SMILES string of the molecule is C=C(CN(C)C)C(=O)OCCOc1ccc(-c2ccc(CCCCC)cc2F)cc1. The van der Waals surface area contributed by atoms with Crippen LogP contribution >= 0.6 is 0 Å². The number of unbranched alkanes of at least 4 members (excludes halogenated alkanes) is 2. The van der Waals surface area contributed by atoms with Crippen LogP contribution in [-0.4, -0.2) is 44.7 Å². The Balaban J connectivity index is 1.83.